The first kappa shape index (κ1) is 31.5. The number of carbonyl (C=O) groups is 2. The number of methoxy groups -OCH3 is 2. The van der Waals surface area contributed by atoms with E-state index >= 15 is 0 Å². The summed E-state index contributed by atoms with van der Waals surface area (Å²) in [6.45, 7) is 3.99. The zero-order chi connectivity index (χ0) is 29.8. The van der Waals surface area contributed by atoms with Gasteiger partial charge in [-0.25, -0.2) is 8.42 Å². The second-order valence-electron chi connectivity index (χ2n) is 9.46. The summed E-state index contributed by atoms with van der Waals surface area (Å²) in [5, 5.41) is 2.93. The number of unbranched alkanes of at least 4 members (excludes halogenated alkanes) is 1. The molecule has 0 spiro atoms. The van der Waals surface area contributed by atoms with E-state index in [1.807, 2.05) is 26.0 Å². The van der Waals surface area contributed by atoms with E-state index in [1.165, 1.54) is 24.1 Å². The van der Waals surface area contributed by atoms with Crippen LogP contribution in [-0.2, 0) is 26.2 Å². The highest BCUT2D eigenvalue weighted by Crippen LogP contribution is 2.26. The van der Waals surface area contributed by atoms with Gasteiger partial charge in [-0.05, 0) is 66.9 Å². The van der Waals surface area contributed by atoms with Gasteiger partial charge in [0, 0.05) is 13.1 Å². The number of ether oxygens (including phenoxy) is 2. The summed E-state index contributed by atoms with van der Waals surface area (Å²) in [6, 6.07) is 20.9. The summed E-state index contributed by atoms with van der Waals surface area (Å²) in [7, 11) is -1.08. The van der Waals surface area contributed by atoms with Crippen molar-refractivity contribution >= 4 is 27.5 Å². The molecule has 0 aliphatic carbocycles. The smallest absolute Gasteiger partial charge is 0.264 e. The number of carbonyl (C=O) groups excluding carboxylic acids is 2. The first-order chi connectivity index (χ1) is 19.7. The molecule has 1 atom stereocenters. The standard InChI is InChI=1S/C31H39N3O6S/c1-5-7-21-32-31(36)29(6-2)33(22-24-13-15-26(39-3)16-14-24)30(35)23-34(25-11-9-8-10-12-25)41(37,38)28-19-17-27(40-4)18-20-28/h8-20,29H,5-7,21-23H2,1-4H3,(H,32,36)/t29-/m1/s1. The van der Waals surface area contributed by atoms with Gasteiger partial charge in [0.15, 0.2) is 0 Å². The Morgan fingerprint density at radius 3 is 1.98 bits per heavy atom. The lowest BCUT2D eigenvalue weighted by Gasteiger charge is -2.33. The van der Waals surface area contributed by atoms with E-state index < -0.39 is 28.5 Å². The van der Waals surface area contributed by atoms with Gasteiger partial charge < -0.3 is 19.7 Å². The fourth-order valence-corrected chi connectivity index (χ4v) is 5.77. The van der Waals surface area contributed by atoms with Crippen molar-refractivity contribution in [2.45, 2.75) is 50.6 Å². The first-order valence-corrected chi connectivity index (χ1v) is 15.1. The highest BCUT2D eigenvalue weighted by Gasteiger charge is 2.33. The number of nitrogens with zero attached hydrogens (tertiary/aromatic N) is 2. The average molecular weight is 582 g/mol. The van der Waals surface area contributed by atoms with Crippen LogP contribution in [0.2, 0.25) is 0 Å². The molecular formula is C31H39N3O6S. The molecule has 0 aliphatic rings. The Morgan fingerprint density at radius 2 is 1.44 bits per heavy atom. The number of hydrogen-bond donors (Lipinski definition) is 1. The molecule has 0 unspecified atom stereocenters. The first-order valence-electron chi connectivity index (χ1n) is 13.7. The lowest BCUT2D eigenvalue weighted by molar-refractivity contribution is -0.140. The zero-order valence-electron chi connectivity index (χ0n) is 24.1. The largest absolute Gasteiger partial charge is 0.497 e. The van der Waals surface area contributed by atoms with Gasteiger partial charge in [0.1, 0.15) is 24.1 Å². The third-order valence-electron chi connectivity index (χ3n) is 6.70. The summed E-state index contributed by atoms with van der Waals surface area (Å²) < 4.78 is 39.3. The van der Waals surface area contributed by atoms with Crippen molar-refractivity contribution in [1.29, 1.82) is 0 Å². The van der Waals surface area contributed by atoms with Crippen LogP contribution in [0, 0.1) is 0 Å². The van der Waals surface area contributed by atoms with Gasteiger partial charge >= 0.3 is 0 Å². The molecule has 0 saturated heterocycles. The molecule has 9 nitrogen and oxygen atoms in total. The van der Waals surface area contributed by atoms with Crippen LogP contribution in [0.3, 0.4) is 0 Å². The number of para-hydroxylation sites is 1. The maximum absolute atomic E-state index is 14.1. The Morgan fingerprint density at radius 1 is 0.854 bits per heavy atom. The second kappa shape index (κ2) is 15.1. The number of nitrogens with one attached hydrogen (secondary N) is 1. The number of sulfonamides is 1. The van der Waals surface area contributed by atoms with Crippen LogP contribution in [-0.4, -0.2) is 58.5 Å². The molecule has 220 valence electrons. The summed E-state index contributed by atoms with van der Waals surface area (Å²) in [5.74, 6) is 0.403. The summed E-state index contributed by atoms with van der Waals surface area (Å²) in [4.78, 5) is 28.8. The highest BCUT2D eigenvalue weighted by molar-refractivity contribution is 7.92. The zero-order valence-corrected chi connectivity index (χ0v) is 24.9. The van der Waals surface area contributed by atoms with Crippen LogP contribution in [0.15, 0.2) is 83.8 Å². The number of hydrogen-bond acceptors (Lipinski definition) is 6. The normalized spacial score (nSPS) is 11.8. The van der Waals surface area contributed by atoms with Crippen molar-refractivity contribution in [1.82, 2.24) is 10.2 Å². The number of rotatable bonds is 15. The van der Waals surface area contributed by atoms with E-state index in [4.69, 9.17) is 9.47 Å². The van der Waals surface area contributed by atoms with Crippen LogP contribution < -0.4 is 19.1 Å². The van der Waals surface area contributed by atoms with Crippen molar-refractivity contribution in [2.75, 3.05) is 31.6 Å². The molecule has 3 rings (SSSR count). The third-order valence-corrected chi connectivity index (χ3v) is 8.49. The molecule has 0 radical (unpaired) electrons. The van der Waals surface area contributed by atoms with Crippen molar-refractivity contribution in [3.05, 3.63) is 84.4 Å². The van der Waals surface area contributed by atoms with E-state index in [1.54, 1.807) is 61.7 Å². The van der Waals surface area contributed by atoms with Gasteiger partial charge in [-0.3, -0.25) is 13.9 Å². The molecule has 2 amide bonds. The molecule has 3 aromatic rings. The Balaban J connectivity index is 2.00. The van der Waals surface area contributed by atoms with Crippen LogP contribution in [0.1, 0.15) is 38.7 Å². The minimum Gasteiger partial charge on any atom is -0.497 e. The molecule has 3 aromatic carbocycles. The quantitative estimate of drug-likeness (QED) is 0.263. The molecule has 0 aromatic heterocycles. The molecule has 0 saturated carbocycles. The Kier molecular flexibility index (Phi) is 11.6. The molecule has 10 heteroatoms. The van der Waals surface area contributed by atoms with Crippen molar-refractivity contribution in [2.24, 2.45) is 0 Å². The maximum atomic E-state index is 14.1. The van der Waals surface area contributed by atoms with Gasteiger partial charge in [0.05, 0.1) is 24.8 Å². The molecule has 0 heterocycles. The number of anilines is 1. The van der Waals surface area contributed by atoms with E-state index in [0.29, 0.717) is 30.2 Å². The van der Waals surface area contributed by atoms with E-state index in [9.17, 15) is 18.0 Å². The lowest BCUT2D eigenvalue weighted by atomic mass is 10.1. The molecule has 0 bridgehead atoms. The van der Waals surface area contributed by atoms with Gasteiger partial charge in [0.2, 0.25) is 11.8 Å². The summed E-state index contributed by atoms with van der Waals surface area (Å²) in [6.07, 6.45) is 2.09. The monoisotopic (exact) mass is 581 g/mol. The van der Waals surface area contributed by atoms with Gasteiger partial charge in [-0.1, -0.05) is 50.6 Å². The minimum atomic E-state index is -4.15. The Labute approximate surface area is 243 Å². The van der Waals surface area contributed by atoms with Crippen LogP contribution in [0.5, 0.6) is 11.5 Å². The van der Waals surface area contributed by atoms with Crippen molar-refractivity contribution < 1.29 is 27.5 Å². The summed E-state index contributed by atoms with van der Waals surface area (Å²) in [5.41, 5.74) is 1.12. The maximum Gasteiger partial charge on any atom is 0.264 e. The molecule has 0 fully saturated rings. The predicted molar refractivity (Wildman–Crippen MR) is 160 cm³/mol. The van der Waals surface area contributed by atoms with Gasteiger partial charge in [-0.2, -0.15) is 0 Å². The fraction of sp³-hybridized carbons (Fsp3) is 0.355. The summed E-state index contributed by atoms with van der Waals surface area (Å²) >= 11 is 0. The molecule has 0 aliphatic heterocycles. The lowest BCUT2D eigenvalue weighted by Crippen LogP contribution is -2.52. The van der Waals surface area contributed by atoms with Gasteiger partial charge in [0.25, 0.3) is 10.0 Å². The molecule has 1 N–H and O–H groups in total. The van der Waals surface area contributed by atoms with Crippen LogP contribution >= 0.6 is 0 Å². The second-order valence-corrected chi connectivity index (χ2v) is 11.3. The van der Waals surface area contributed by atoms with Crippen molar-refractivity contribution in [3.63, 3.8) is 0 Å². The van der Waals surface area contributed by atoms with Crippen LogP contribution in [0.4, 0.5) is 5.69 Å². The number of benzene rings is 3. The fourth-order valence-electron chi connectivity index (χ4n) is 4.35. The number of amides is 2. The van der Waals surface area contributed by atoms with E-state index in [0.717, 1.165) is 22.7 Å². The topological polar surface area (TPSA) is 105 Å². The Hall–Kier alpha value is -4.05. The van der Waals surface area contributed by atoms with Crippen molar-refractivity contribution in [3.8, 4) is 11.5 Å². The predicted octanol–water partition coefficient (Wildman–Crippen LogP) is 4.62. The average Bonchev–Trinajstić information content (AvgIpc) is 3.00. The molecule has 41 heavy (non-hydrogen) atoms. The van der Waals surface area contributed by atoms with Gasteiger partial charge in [-0.15, -0.1) is 0 Å². The SMILES string of the molecule is CCCCNC(=O)[C@@H](CC)N(Cc1ccc(OC)cc1)C(=O)CN(c1ccccc1)S(=O)(=O)c1ccc(OC)cc1. The van der Waals surface area contributed by atoms with E-state index in [2.05, 4.69) is 5.32 Å². The van der Waals surface area contributed by atoms with Crippen LogP contribution in [0.25, 0.3) is 0 Å². The molecular weight excluding hydrogens is 542 g/mol. The third kappa shape index (κ3) is 8.23. The van der Waals surface area contributed by atoms with E-state index in [-0.39, 0.29) is 17.3 Å². The Bertz CT molecular complexity index is 1360. The highest BCUT2D eigenvalue weighted by atomic mass is 32.2. The minimum absolute atomic E-state index is 0.0148.